The first-order valence-electron chi connectivity index (χ1n) is 5.82. The van der Waals surface area contributed by atoms with Crippen molar-refractivity contribution in [2.75, 3.05) is 25.1 Å². The summed E-state index contributed by atoms with van der Waals surface area (Å²) in [5.74, 6) is 1.45. The van der Waals surface area contributed by atoms with Crippen molar-refractivity contribution in [3.63, 3.8) is 0 Å². The fourth-order valence-electron chi connectivity index (χ4n) is 1.83. The highest BCUT2D eigenvalue weighted by atomic mass is 32.2. The minimum absolute atomic E-state index is 0.203. The molecule has 1 aliphatic rings. The van der Waals surface area contributed by atoms with Crippen LogP contribution in [-0.2, 0) is 4.79 Å². The van der Waals surface area contributed by atoms with E-state index in [1.165, 1.54) is 18.6 Å². The van der Waals surface area contributed by atoms with Crippen molar-refractivity contribution in [3.05, 3.63) is 0 Å². The smallest absolute Gasteiger partial charge is 0.221 e. The highest BCUT2D eigenvalue weighted by Gasteiger charge is 2.15. The highest BCUT2D eigenvalue weighted by molar-refractivity contribution is 7.98. The van der Waals surface area contributed by atoms with Gasteiger partial charge in [0.1, 0.15) is 0 Å². The van der Waals surface area contributed by atoms with Gasteiger partial charge in [-0.15, -0.1) is 0 Å². The second kappa shape index (κ2) is 7.99. The third-order valence-electron chi connectivity index (χ3n) is 2.69. The molecule has 0 bridgehead atoms. The van der Waals surface area contributed by atoms with Crippen LogP contribution in [0.5, 0.6) is 0 Å². The molecule has 4 heteroatoms. The molecule has 0 aromatic carbocycles. The van der Waals surface area contributed by atoms with E-state index in [1.807, 2.05) is 11.8 Å². The molecule has 1 rings (SSSR count). The molecule has 1 atom stereocenters. The summed E-state index contributed by atoms with van der Waals surface area (Å²) >= 11 is 1.90. The number of amides is 1. The summed E-state index contributed by atoms with van der Waals surface area (Å²) in [6.45, 7) is 1.90. The molecule has 1 amide bonds. The molecule has 0 radical (unpaired) electrons. The number of unbranched alkanes of at least 4 members (excludes halogenated alkanes) is 1. The predicted molar refractivity (Wildman–Crippen MR) is 66.3 cm³/mol. The van der Waals surface area contributed by atoms with Gasteiger partial charge in [-0.1, -0.05) is 0 Å². The number of carbonyl (C=O) groups excluding carboxylic acids is 1. The molecule has 15 heavy (non-hydrogen) atoms. The van der Waals surface area contributed by atoms with Gasteiger partial charge in [0.25, 0.3) is 0 Å². The quantitative estimate of drug-likeness (QED) is 0.678. The predicted octanol–water partition coefficient (Wildman–Crippen LogP) is 1.39. The average Bonchev–Trinajstić information content (AvgIpc) is 2.43. The van der Waals surface area contributed by atoms with E-state index in [2.05, 4.69) is 16.9 Å². The lowest BCUT2D eigenvalue weighted by Crippen LogP contribution is -2.33. The van der Waals surface area contributed by atoms with E-state index in [-0.39, 0.29) is 5.91 Å². The van der Waals surface area contributed by atoms with Gasteiger partial charge >= 0.3 is 0 Å². The summed E-state index contributed by atoms with van der Waals surface area (Å²) < 4.78 is 0. The zero-order chi connectivity index (χ0) is 10.9. The number of thioether (sulfide) groups is 1. The lowest BCUT2D eigenvalue weighted by atomic mass is 10.1. The zero-order valence-corrected chi connectivity index (χ0v) is 10.4. The topological polar surface area (TPSA) is 41.1 Å². The maximum atomic E-state index is 11.3. The molecule has 1 aliphatic heterocycles. The number of rotatable bonds is 6. The number of hydrogen-bond donors (Lipinski definition) is 2. The van der Waals surface area contributed by atoms with Crippen LogP contribution in [0.4, 0.5) is 0 Å². The Balaban J connectivity index is 2.06. The number of nitrogens with one attached hydrogen (secondary N) is 2. The molecule has 2 N–H and O–H groups in total. The van der Waals surface area contributed by atoms with Crippen LogP contribution >= 0.6 is 11.8 Å². The monoisotopic (exact) mass is 230 g/mol. The van der Waals surface area contributed by atoms with E-state index in [4.69, 9.17) is 0 Å². The van der Waals surface area contributed by atoms with Gasteiger partial charge in [-0.3, -0.25) is 4.79 Å². The Labute approximate surface area is 96.8 Å². The first-order chi connectivity index (χ1) is 7.33. The molecule has 0 aliphatic carbocycles. The Bertz CT molecular complexity index is 187. The van der Waals surface area contributed by atoms with Crippen LogP contribution < -0.4 is 10.6 Å². The third-order valence-corrected chi connectivity index (χ3v) is 3.39. The normalized spacial score (nSPS) is 22.2. The minimum Gasteiger partial charge on any atom is -0.356 e. The standard InChI is InChI=1S/C11H22N2OS/c1-15-8-3-2-6-12-10-5-4-7-13-11(14)9-10/h10,12H,2-9H2,1H3,(H,13,14). The summed E-state index contributed by atoms with van der Waals surface area (Å²) in [6, 6.07) is 0.404. The number of hydrogen-bond acceptors (Lipinski definition) is 3. The Morgan fingerprint density at radius 3 is 3.20 bits per heavy atom. The maximum Gasteiger partial charge on any atom is 0.221 e. The van der Waals surface area contributed by atoms with Gasteiger partial charge in [0.15, 0.2) is 0 Å². The maximum absolute atomic E-state index is 11.3. The van der Waals surface area contributed by atoms with E-state index in [1.54, 1.807) is 0 Å². The fourth-order valence-corrected chi connectivity index (χ4v) is 2.32. The molecule has 0 aromatic rings. The average molecular weight is 230 g/mol. The molecular formula is C11H22N2OS. The second-order valence-corrected chi connectivity index (χ2v) is 5.03. The molecule has 0 aromatic heterocycles. The summed E-state index contributed by atoms with van der Waals surface area (Å²) in [5, 5.41) is 6.38. The summed E-state index contributed by atoms with van der Waals surface area (Å²) in [7, 11) is 0. The summed E-state index contributed by atoms with van der Waals surface area (Å²) in [4.78, 5) is 11.3. The van der Waals surface area contributed by atoms with Crippen molar-refractivity contribution < 1.29 is 4.79 Å². The Hall–Kier alpha value is -0.220. The second-order valence-electron chi connectivity index (χ2n) is 4.05. The van der Waals surface area contributed by atoms with E-state index in [0.29, 0.717) is 12.5 Å². The molecule has 1 fully saturated rings. The van der Waals surface area contributed by atoms with Gasteiger partial charge < -0.3 is 10.6 Å². The van der Waals surface area contributed by atoms with E-state index < -0.39 is 0 Å². The SMILES string of the molecule is CSCCCCNC1CCCNC(=O)C1. The lowest BCUT2D eigenvalue weighted by Gasteiger charge is -2.14. The van der Waals surface area contributed by atoms with Crippen LogP contribution in [0.1, 0.15) is 32.1 Å². The summed E-state index contributed by atoms with van der Waals surface area (Å²) in [5.41, 5.74) is 0. The van der Waals surface area contributed by atoms with Gasteiger partial charge in [-0.05, 0) is 44.2 Å². The molecule has 0 spiro atoms. The van der Waals surface area contributed by atoms with Crippen molar-refractivity contribution in [2.24, 2.45) is 0 Å². The molecule has 0 saturated carbocycles. The van der Waals surface area contributed by atoms with Gasteiger partial charge in [0.2, 0.25) is 5.91 Å². The van der Waals surface area contributed by atoms with Crippen molar-refractivity contribution in [2.45, 2.75) is 38.1 Å². The first-order valence-corrected chi connectivity index (χ1v) is 7.21. The van der Waals surface area contributed by atoms with E-state index in [0.717, 1.165) is 25.9 Å². The largest absolute Gasteiger partial charge is 0.356 e. The Morgan fingerprint density at radius 1 is 1.53 bits per heavy atom. The van der Waals surface area contributed by atoms with Crippen LogP contribution in [0.15, 0.2) is 0 Å². The Morgan fingerprint density at radius 2 is 2.40 bits per heavy atom. The van der Waals surface area contributed by atoms with Gasteiger partial charge in [0.05, 0.1) is 0 Å². The molecule has 88 valence electrons. The van der Waals surface area contributed by atoms with Gasteiger partial charge in [-0.2, -0.15) is 11.8 Å². The van der Waals surface area contributed by atoms with Crippen molar-refractivity contribution in [1.82, 2.24) is 10.6 Å². The van der Waals surface area contributed by atoms with Crippen molar-refractivity contribution in [1.29, 1.82) is 0 Å². The van der Waals surface area contributed by atoms with Gasteiger partial charge in [0, 0.05) is 19.0 Å². The molecule has 1 heterocycles. The lowest BCUT2D eigenvalue weighted by molar-refractivity contribution is -0.121. The van der Waals surface area contributed by atoms with Crippen molar-refractivity contribution >= 4 is 17.7 Å². The zero-order valence-electron chi connectivity index (χ0n) is 9.55. The van der Waals surface area contributed by atoms with E-state index in [9.17, 15) is 4.79 Å². The first kappa shape index (κ1) is 12.8. The van der Waals surface area contributed by atoms with Crippen LogP contribution in [-0.4, -0.2) is 37.0 Å². The minimum atomic E-state index is 0.203. The molecule has 1 saturated heterocycles. The van der Waals surface area contributed by atoms with Gasteiger partial charge in [-0.25, -0.2) is 0 Å². The molecule has 3 nitrogen and oxygen atoms in total. The van der Waals surface area contributed by atoms with E-state index >= 15 is 0 Å². The highest BCUT2D eigenvalue weighted by Crippen LogP contribution is 2.06. The van der Waals surface area contributed by atoms with Crippen molar-refractivity contribution in [3.8, 4) is 0 Å². The molecular weight excluding hydrogens is 208 g/mol. The molecule has 1 unspecified atom stereocenters. The third kappa shape index (κ3) is 6.05. The number of carbonyl (C=O) groups is 1. The van der Waals surface area contributed by atoms with Crippen LogP contribution in [0, 0.1) is 0 Å². The van der Waals surface area contributed by atoms with Crippen LogP contribution in [0.2, 0.25) is 0 Å². The fraction of sp³-hybridized carbons (Fsp3) is 0.909. The Kier molecular flexibility index (Phi) is 6.85. The van der Waals surface area contributed by atoms with Crippen LogP contribution in [0.3, 0.4) is 0 Å². The summed E-state index contributed by atoms with van der Waals surface area (Å²) in [6.07, 6.45) is 7.52. The van der Waals surface area contributed by atoms with Crippen LogP contribution in [0.25, 0.3) is 0 Å².